The van der Waals surface area contributed by atoms with E-state index in [-0.39, 0.29) is 34.0 Å². The van der Waals surface area contributed by atoms with E-state index in [4.69, 9.17) is 11.7 Å². The third-order valence-electron chi connectivity index (χ3n) is 6.04. The summed E-state index contributed by atoms with van der Waals surface area (Å²) < 4.78 is 15.0. The van der Waals surface area contributed by atoms with E-state index < -0.39 is 35.6 Å². The van der Waals surface area contributed by atoms with Gasteiger partial charge in [-0.15, -0.1) is 6.42 Å². The number of nitrogens with zero attached hydrogens (tertiary/aromatic N) is 2. The molecule has 1 aliphatic carbocycles. The molecule has 1 fully saturated rings. The summed E-state index contributed by atoms with van der Waals surface area (Å²) in [6.45, 7) is 2.64. The van der Waals surface area contributed by atoms with E-state index in [0.29, 0.717) is 5.69 Å². The lowest BCUT2D eigenvalue weighted by Crippen LogP contribution is -2.54. The Bertz CT molecular complexity index is 1250. The van der Waals surface area contributed by atoms with Crippen LogP contribution in [-0.4, -0.2) is 39.4 Å². The van der Waals surface area contributed by atoms with Crippen LogP contribution < -0.4 is 10.6 Å². The molecule has 1 aromatic carbocycles. The number of aliphatic hydroxyl groups is 1. The van der Waals surface area contributed by atoms with Crippen molar-refractivity contribution >= 4 is 23.3 Å². The minimum Gasteiger partial charge on any atom is -0.393 e. The highest BCUT2D eigenvalue weighted by molar-refractivity contribution is 6.44. The maximum atomic E-state index is 13.6. The number of carbonyl (C=O) groups excluding carboxylic acids is 3. The summed E-state index contributed by atoms with van der Waals surface area (Å²) in [6, 6.07) is 5.27. The Kier molecular flexibility index (Phi) is 6.39. The number of halogens is 1. The van der Waals surface area contributed by atoms with Crippen molar-refractivity contribution in [3.05, 3.63) is 52.1 Å². The molecule has 0 saturated heterocycles. The first-order chi connectivity index (χ1) is 15.6. The quantitative estimate of drug-likeness (QED) is 0.338. The Morgan fingerprint density at radius 2 is 2.00 bits per heavy atom. The Morgan fingerprint density at radius 1 is 1.33 bits per heavy atom. The van der Waals surface area contributed by atoms with Crippen LogP contribution in [0.3, 0.4) is 0 Å². The summed E-state index contributed by atoms with van der Waals surface area (Å²) in [5.41, 5.74) is -0.487. The van der Waals surface area contributed by atoms with Gasteiger partial charge in [0.05, 0.1) is 17.7 Å². The van der Waals surface area contributed by atoms with Crippen LogP contribution in [0.2, 0.25) is 0 Å². The largest absolute Gasteiger partial charge is 0.393 e. The first-order valence-electron chi connectivity index (χ1n) is 10.2. The molecule has 1 atom stereocenters. The van der Waals surface area contributed by atoms with Gasteiger partial charge in [0.1, 0.15) is 23.1 Å². The number of hydrogen-bond acceptors (Lipinski definition) is 5. The lowest BCUT2D eigenvalue weighted by atomic mass is 9.94. The van der Waals surface area contributed by atoms with E-state index in [1.165, 1.54) is 23.6 Å². The first kappa shape index (κ1) is 23.7. The lowest BCUT2D eigenvalue weighted by molar-refractivity contribution is -0.119. The van der Waals surface area contributed by atoms with Crippen molar-refractivity contribution in [1.82, 2.24) is 9.88 Å². The highest BCUT2D eigenvalue weighted by Crippen LogP contribution is 2.39. The fourth-order valence-electron chi connectivity index (χ4n) is 3.93. The number of ketones is 1. The van der Waals surface area contributed by atoms with Gasteiger partial charge in [0.15, 0.2) is 0 Å². The zero-order valence-corrected chi connectivity index (χ0v) is 18.5. The van der Waals surface area contributed by atoms with Crippen molar-refractivity contribution in [2.45, 2.75) is 32.2 Å². The molecule has 1 saturated carbocycles. The summed E-state index contributed by atoms with van der Waals surface area (Å²) >= 11 is 0. The molecule has 0 unspecified atom stereocenters. The van der Waals surface area contributed by atoms with Gasteiger partial charge < -0.3 is 20.3 Å². The second kappa shape index (κ2) is 8.89. The minimum atomic E-state index is -1.30. The normalized spacial score (nSPS) is 14.5. The van der Waals surface area contributed by atoms with Crippen LogP contribution in [0.15, 0.2) is 18.2 Å². The van der Waals surface area contributed by atoms with Crippen molar-refractivity contribution < 1.29 is 23.9 Å². The van der Waals surface area contributed by atoms with Crippen LogP contribution in [-0.2, 0) is 11.8 Å². The molecule has 0 radical (unpaired) electrons. The summed E-state index contributed by atoms with van der Waals surface area (Å²) in [5.74, 6) is -0.828. The Hall–Kier alpha value is -3.95. The maximum absolute atomic E-state index is 13.6. The Labute approximate surface area is 190 Å². The van der Waals surface area contributed by atoms with Gasteiger partial charge in [-0.2, -0.15) is 5.26 Å². The smallest absolute Gasteiger partial charge is 0.293 e. The minimum absolute atomic E-state index is 0.0524. The molecule has 0 bridgehead atoms. The van der Waals surface area contributed by atoms with Gasteiger partial charge in [0, 0.05) is 18.4 Å². The molecule has 9 heteroatoms. The van der Waals surface area contributed by atoms with Gasteiger partial charge in [-0.05, 0) is 56.4 Å². The predicted molar refractivity (Wildman–Crippen MR) is 118 cm³/mol. The van der Waals surface area contributed by atoms with E-state index in [1.54, 1.807) is 20.0 Å². The summed E-state index contributed by atoms with van der Waals surface area (Å²) in [7, 11) is 1.57. The van der Waals surface area contributed by atoms with Crippen molar-refractivity contribution in [3.63, 3.8) is 0 Å². The molecular formula is C24H23FN4O4. The second-order valence-corrected chi connectivity index (χ2v) is 8.08. The number of rotatable bonds is 7. The fraction of sp³-hybridized carbons (Fsp3) is 0.333. The number of nitrogens with one attached hydrogen (secondary N) is 2. The van der Waals surface area contributed by atoms with Gasteiger partial charge in [-0.25, -0.2) is 4.39 Å². The van der Waals surface area contributed by atoms with E-state index in [2.05, 4.69) is 16.6 Å². The van der Waals surface area contributed by atoms with Gasteiger partial charge in [-0.1, -0.05) is 5.92 Å². The molecule has 3 rings (SSSR count). The highest BCUT2D eigenvalue weighted by atomic mass is 19.1. The average Bonchev–Trinajstić information content (AvgIpc) is 3.61. The molecule has 3 N–H and O–H groups in total. The van der Waals surface area contributed by atoms with Gasteiger partial charge in [0.25, 0.3) is 17.6 Å². The van der Waals surface area contributed by atoms with Gasteiger partial charge in [0.2, 0.25) is 0 Å². The van der Waals surface area contributed by atoms with Crippen molar-refractivity contribution in [1.29, 1.82) is 5.26 Å². The molecular weight excluding hydrogens is 427 g/mol. The van der Waals surface area contributed by atoms with E-state index in [0.717, 1.165) is 18.9 Å². The number of amides is 2. The molecule has 0 spiro atoms. The fourth-order valence-corrected chi connectivity index (χ4v) is 3.93. The lowest BCUT2D eigenvalue weighted by Gasteiger charge is -2.27. The number of aliphatic hydroxyl groups excluding tert-OH is 1. The van der Waals surface area contributed by atoms with E-state index >= 15 is 0 Å². The third kappa shape index (κ3) is 4.23. The van der Waals surface area contributed by atoms with E-state index in [9.17, 15) is 23.9 Å². The van der Waals surface area contributed by atoms with Crippen molar-refractivity contribution in [2.24, 2.45) is 13.0 Å². The summed E-state index contributed by atoms with van der Waals surface area (Å²) in [5, 5.41) is 23.8. The molecule has 0 aliphatic heterocycles. The second-order valence-electron chi connectivity index (χ2n) is 8.08. The highest BCUT2D eigenvalue weighted by Gasteiger charge is 2.46. The number of carbonyl (C=O) groups is 3. The molecule has 170 valence electrons. The van der Waals surface area contributed by atoms with Gasteiger partial charge in [-0.3, -0.25) is 14.4 Å². The summed E-state index contributed by atoms with van der Waals surface area (Å²) in [4.78, 5) is 38.7. The number of anilines is 1. The molecule has 1 aliphatic rings. The van der Waals surface area contributed by atoms with Crippen LogP contribution in [0.5, 0.6) is 0 Å². The van der Waals surface area contributed by atoms with Crippen LogP contribution in [0.25, 0.3) is 0 Å². The topological polar surface area (TPSA) is 124 Å². The predicted octanol–water partition coefficient (Wildman–Crippen LogP) is 1.98. The monoisotopic (exact) mass is 450 g/mol. The average molecular weight is 450 g/mol. The zero-order valence-electron chi connectivity index (χ0n) is 18.5. The first-order valence-corrected chi connectivity index (χ1v) is 10.2. The summed E-state index contributed by atoms with van der Waals surface area (Å²) in [6.07, 6.45) is 7.02. The number of benzene rings is 1. The molecule has 1 heterocycles. The third-order valence-corrected chi connectivity index (χ3v) is 6.04. The maximum Gasteiger partial charge on any atom is 0.293 e. The molecule has 8 nitrogen and oxygen atoms in total. The molecule has 2 aromatic rings. The zero-order chi connectivity index (χ0) is 24.5. The van der Waals surface area contributed by atoms with Gasteiger partial charge >= 0.3 is 0 Å². The van der Waals surface area contributed by atoms with Crippen LogP contribution >= 0.6 is 0 Å². The molecule has 1 aromatic heterocycles. The SMILES string of the molecule is C#C[C@](CO)(NC(=O)C(=O)c1c(C)c(C(=O)Nc2ccc(F)c(C#N)c2)n(C)c1C)C1CC1. The standard InChI is InChI=1S/C24H23FN4O4/c1-5-24(12-30,16-6-7-16)28-23(33)21(31)19-13(2)20(29(4)14(19)3)22(32)27-17-8-9-18(25)15(10-17)11-26/h1,8-10,16,30H,6-7,12H2,2-4H3,(H,27,32)(H,28,33)/t24-/m1/s1. The number of Topliss-reactive ketones (excluding diaryl/α,β-unsaturated/α-hetero) is 1. The van der Waals surface area contributed by atoms with Crippen molar-refractivity contribution in [2.75, 3.05) is 11.9 Å². The van der Waals surface area contributed by atoms with E-state index in [1.807, 2.05) is 0 Å². The van der Waals surface area contributed by atoms with Crippen LogP contribution in [0.4, 0.5) is 10.1 Å². The molecule has 33 heavy (non-hydrogen) atoms. The number of terminal acetylenes is 1. The number of aromatic nitrogens is 1. The van der Waals surface area contributed by atoms with Crippen LogP contribution in [0, 0.1) is 49.3 Å². The van der Waals surface area contributed by atoms with Crippen molar-refractivity contribution in [3.8, 4) is 18.4 Å². The van der Waals surface area contributed by atoms with Crippen LogP contribution in [0.1, 0.15) is 50.5 Å². The Morgan fingerprint density at radius 3 is 2.55 bits per heavy atom. The molecule has 2 amide bonds. The number of hydrogen-bond donors (Lipinski definition) is 3. The Balaban J connectivity index is 1.89. The number of nitriles is 1.